The first-order valence-corrected chi connectivity index (χ1v) is 8.68. The fourth-order valence-corrected chi connectivity index (χ4v) is 3.88. The molecule has 1 saturated carbocycles. The summed E-state index contributed by atoms with van der Waals surface area (Å²) in [4.78, 5) is 4.60. The molecule has 1 aliphatic carbocycles. The van der Waals surface area contributed by atoms with E-state index in [1.54, 1.807) is 29.4 Å². The minimum Gasteiger partial charge on any atom is -0.462 e. The van der Waals surface area contributed by atoms with Crippen molar-refractivity contribution < 1.29 is 4.42 Å². The Morgan fingerprint density at radius 3 is 3.10 bits per heavy atom. The van der Waals surface area contributed by atoms with Gasteiger partial charge in [0.2, 0.25) is 0 Å². The predicted molar refractivity (Wildman–Crippen MR) is 82.4 cm³/mol. The van der Waals surface area contributed by atoms with Crippen molar-refractivity contribution >= 4 is 23.1 Å². The Bertz CT molecular complexity index is 743. The zero-order valence-corrected chi connectivity index (χ0v) is 13.2. The molecule has 1 fully saturated rings. The van der Waals surface area contributed by atoms with E-state index in [0.717, 1.165) is 33.2 Å². The Hall–Kier alpha value is -1.60. The van der Waals surface area contributed by atoms with Gasteiger partial charge in [0, 0.05) is 24.1 Å². The maximum Gasteiger partial charge on any atom is 0.191 e. The van der Waals surface area contributed by atoms with Gasteiger partial charge in [-0.15, -0.1) is 21.5 Å². The topological polar surface area (TPSA) is 56.7 Å². The molecule has 1 aliphatic rings. The second kappa shape index (κ2) is 5.31. The van der Waals surface area contributed by atoms with Crippen molar-refractivity contribution in [3.05, 3.63) is 35.3 Å². The van der Waals surface area contributed by atoms with E-state index in [-0.39, 0.29) is 0 Å². The minimum absolute atomic E-state index is 0.627. The van der Waals surface area contributed by atoms with Crippen LogP contribution in [0.3, 0.4) is 0 Å². The molecule has 3 heterocycles. The van der Waals surface area contributed by atoms with Crippen molar-refractivity contribution in [2.75, 3.05) is 0 Å². The lowest BCUT2D eigenvalue weighted by atomic mass is 10.4. The van der Waals surface area contributed by atoms with Crippen LogP contribution in [0, 0.1) is 0 Å². The van der Waals surface area contributed by atoms with E-state index in [2.05, 4.69) is 25.1 Å². The Morgan fingerprint density at radius 1 is 1.43 bits per heavy atom. The number of furan rings is 1. The molecule has 21 heavy (non-hydrogen) atoms. The van der Waals surface area contributed by atoms with E-state index in [4.69, 9.17) is 4.42 Å². The number of thioether (sulfide) groups is 1. The summed E-state index contributed by atoms with van der Waals surface area (Å²) in [6.45, 7) is 0. The Morgan fingerprint density at radius 2 is 2.33 bits per heavy atom. The first-order valence-electron chi connectivity index (χ1n) is 6.81. The molecule has 0 saturated heterocycles. The number of aromatic nitrogens is 4. The summed E-state index contributed by atoms with van der Waals surface area (Å²) >= 11 is 3.29. The van der Waals surface area contributed by atoms with Gasteiger partial charge in [0.15, 0.2) is 15.9 Å². The second-order valence-corrected chi connectivity index (χ2v) is 6.88. The molecule has 0 aliphatic heterocycles. The lowest BCUT2D eigenvalue weighted by Gasteiger charge is -2.01. The van der Waals surface area contributed by atoms with E-state index < -0.39 is 0 Å². The van der Waals surface area contributed by atoms with Gasteiger partial charge >= 0.3 is 0 Å². The molecule has 0 N–H and O–H groups in total. The summed E-state index contributed by atoms with van der Waals surface area (Å²) in [5.41, 5.74) is 1.05. The van der Waals surface area contributed by atoms with Gasteiger partial charge in [-0.25, -0.2) is 4.98 Å². The molecule has 0 unspecified atom stereocenters. The van der Waals surface area contributed by atoms with Crippen LogP contribution in [-0.4, -0.2) is 19.7 Å². The minimum atomic E-state index is 0.627. The van der Waals surface area contributed by atoms with Crippen LogP contribution in [0.4, 0.5) is 0 Å². The van der Waals surface area contributed by atoms with Crippen molar-refractivity contribution in [1.82, 2.24) is 19.7 Å². The van der Waals surface area contributed by atoms with Crippen molar-refractivity contribution in [1.29, 1.82) is 0 Å². The van der Waals surface area contributed by atoms with E-state index in [1.165, 1.54) is 12.8 Å². The molecule has 108 valence electrons. The van der Waals surface area contributed by atoms with Crippen LogP contribution >= 0.6 is 23.1 Å². The molecule has 3 aromatic heterocycles. The summed E-state index contributed by atoms with van der Waals surface area (Å²) in [6, 6.07) is 3.81. The average molecular weight is 318 g/mol. The van der Waals surface area contributed by atoms with E-state index in [0.29, 0.717) is 5.92 Å². The standard InChI is InChI=1S/C14H14N4OS2/c1-18-12(9-4-5-9)16-17-14(18)21-8-10-7-20-13(15-10)11-3-2-6-19-11/h2-3,6-7,9H,4-5,8H2,1H3. The van der Waals surface area contributed by atoms with Gasteiger partial charge in [0.05, 0.1) is 12.0 Å². The van der Waals surface area contributed by atoms with Crippen LogP contribution < -0.4 is 0 Å². The number of rotatable bonds is 5. The molecule has 7 heteroatoms. The van der Waals surface area contributed by atoms with Crippen molar-refractivity contribution in [2.45, 2.75) is 29.7 Å². The van der Waals surface area contributed by atoms with Crippen LogP contribution in [0.1, 0.15) is 30.3 Å². The molecule has 0 bridgehead atoms. The molecule has 0 aromatic carbocycles. The fourth-order valence-electron chi connectivity index (χ4n) is 2.17. The molecule has 3 aromatic rings. The maximum atomic E-state index is 5.37. The van der Waals surface area contributed by atoms with Crippen LogP contribution in [0.15, 0.2) is 33.3 Å². The monoisotopic (exact) mass is 318 g/mol. The Kier molecular flexibility index (Phi) is 3.31. The zero-order chi connectivity index (χ0) is 14.2. The highest BCUT2D eigenvalue weighted by atomic mass is 32.2. The number of thiazole rings is 1. The summed E-state index contributed by atoms with van der Waals surface area (Å²) in [5.74, 6) is 3.37. The summed E-state index contributed by atoms with van der Waals surface area (Å²) in [7, 11) is 2.05. The van der Waals surface area contributed by atoms with E-state index >= 15 is 0 Å². The molecule has 0 radical (unpaired) electrons. The second-order valence-electron chi connectivity index (χ2n) is 5.08. The number of hydrogen-bond donors (Lipinski definition) is 0. The molecule has 4 rings (SSSR count). The smallest absolute Gasteiger partial charge is 0.191 e. The zero-order valence-electron chi connectivity index (χ0n) is 11.5. The molecule has 0 atom stereocenters. The van der Waals surface area contributed by atoms with Crippen molar-refractivity contribution in [3.63, 3.8) is 0 Å². The number of hydrogen-bond acceptors (Lipinski definition) is 6. The lowest BCUT2D eigenvalue weighted by Crippen LogP contribution is -1.97. The largest absolute Gasteiger partial charge is 0.462 e. The van der Waals surface area contributed by atoms with Gasteiger partial charge in [0.25, 0.3) is 0 Å². The van der Waals surface area contributed by atoms with Crippen molar-refractivity contribution in [2.24, 2.45) is 7.05 Å². The summed E-state index contributed by atoms with van der Waals surface area (Å²) in [6.07, 6.45) is 4.16. The first-order chi connectivity index (χ1) is 10.3. The van der Waals surface area contributed by atoms with Crippen LogP contribution in [0.5, 0.6) is 0 Å². The quantitative estimate of drug-likeness (QED) is 0.671. The van der Waals surface area contributed by atoms with Gasteiger partial charge in [-0.3, -0.25) is 0 Å². The normalized spacial score (nSPS) is 14.7. The number of nitrogens with zero attached hydrogens (tertiary/aromatic N) is 4. The lowest BCUT2D eigenvalue weighted by molar-refractivity contribution is 0.581. The average Bonchev–Trinajstić information content (AvgIpc) is 2.94. The van der Waals surface area contributed by atoms with E-state index in [9.17, 15) is 0 Å². The SMILES string of the molecule is Cn1c(SCc2csc(-c3ccco3)n2)nnc1C1CC1. The van der Waals surface area contributed by atoms with Crippen LogP contribution in [-0.2, 0) is 12.8 Å². The Labute approximate surface area is 130 Å². The summed E-state index contributed by atoms with van der Waals surface area (Å²) < 4.78 is 7.48. The fraction of sp³-hybridized carbons (Fsp3) is 0.357. The molecule has 5 nitrogen and oxygen atoms in total. The van der Waals surface area contributed by atoms with Crippen LogP contribution in [0.2, 0.25) is 0 Å². The molecular formula is C14H14N4OS2. The maximum absolute atomic E-state index is 5.37. The highest BCUT2D eigenvalue weighted by Crippen LogP contribution is 2.39. The first kappa shape index (κ1) is 13.1. The third kappa shape index (κ3) is 2.63. The van der Waals surface area contributed by atoms with Gasteiger partial charge in [0.1, 0.15) is 5.82 Å². The van der Waals surface area contributed by atoms with Gasteiger partial charge in [-0.1, -0.05) is 11.8 Å². The van der Waals surface area contributed by atoms with Gasteiger partial charge in [-0.2, -0.15) is 0 Å². The van der Waals surface area contributed by atoms with Gasteiger partial charge in [-0.05, 0) is 25.0 Å². The van der Waals surface area contributed by atoms with Crippen LogP contribution in [0.25, 0.3) is 10.8 Å². The highest BCUT2D eigenvalue weighted by Gasteiger charge is 2.29. The highest BCUT2D eigenvalue weighted by molar-refractivity contribution is 7.98. The van der Waals surface area contributed by atoms with E-state index in [1.807, 2.05) is 19.2 Å². The molecule has 0 spiro atoms. The Balaban J connectivity index is 1.45. The molecular weight excluding hydrogens is 304 g/mol. The third-order valence-corrected chi connectivity index (χ3v) is 5.40. The van der Waals surface area contributed by atoms with Crippen molar-refractivity contribution in [3.8, 4) is 10.8 Å². The third-order valence-electron chi connectivity index (χ3n) is 3.44. The van der Waals surface area contributed by atoms with Gasteiger partial charge < -0.3 is 8.98 Å². The molecule has 0 amide bonds. The summed E-state index contributed by atoms with van der Waals surface area (Å²) in [5, 5.41) is 12.5. The predicted octanol–water partition coefficient (Wildman–Crippen LogP) is 3.70.